The molecule has 2 aromatic carbocycles. The van der Waals surface area contributed by atoms with Gasteiger partial charge in [0.15, 0.2) is 9.84 Å². The Morgan fingerprint density at radius 3 is 2.25 bits per heavy atom. The first-order valence-electron chi connectivity index (χ1n) is 5.82. The molecule has 0 bridgehead atoms. The number of benzene rings is 2. The van der Waals surface area contributed by atoms with Crippen LogP contribution in [0.4, 0.5) is 14.5 Å². The second-order valence-corrected chi connectivity index (χ2v) is 6.49. The molecule has 2 N–H and O–H groups in total. The van der Waals surface area contributed by atoms with E-state index >= 15 is 0 Å². The van der Waals surface area contributed by atoms with E-state index in [9.17, 15) is 17.2 Å². The highest BCUT2D eigenvalue weighted by Gasteiger charge is 2.25. The standard InChI is InChI=1S/C14H13F2NO2S/c1-9-3-2-4-10(5-9)8-20(18,19)14-12(15)6-11(17)7-13(14)16/h2-7H,8,17H2,1H3. The van der Waals surface area contributed by atoms with Gasteiger partial charge in [0, 0.05) is 5.69 Å². The van der Waals surface area contributed by atoms with Crippen molar-refractivity contribution in [2.24, 2.45) is 0 Å². The van der Waals surface area contributed by atoms with Crippen LogP contribution in [0.15, 0.2) is 41.3 Å². The fourth-order valence-corrected chi connectivity index (χ4v) is 3.44. The quantitative estimate of drug-likeness (QED) is 0.886. The molecule has 0 atom stereocenters. The fraction of sp³-hybridized carbons (Fsp3) is 0.143. The summed E-state index contributed by atoms with van der Waals surface area (Å²) in [5, 5.41) is 0. The molecule has 0 saturated carbocycles. The molecule has 0 spiro atoms. The van der Waals surface area contributed by atoms with Gasteiger partial charge in [0.05, 0.1) is 5.75 Å². The molecule has 0 heterocycles. The smallest absolute Gasteiger partial charge is 0.188 e. The largest absolute Gasteiger partial charge is 0.399 e. The van der Waals surface area contributed by atoms with E-state index in [1.165, 1.54) is 0 Å². The molecule has 6 heteroatoms. The average Bonchev–Trinajstić information content (AvgIpc) is 2.25. The summed E-state index contributed by atoms with van der Waals surface area (Å²) < 4.78 is 51.7. The number of sulfone groups is 1. The Hall–Kier alpha value is -1.95. The summed E-state index contributed by atoms with van der Waals surface area (Å²) in [6.45, 7) is 1.81. The molecule has 0 radical (unpaired) electrons. The Morgan fingerprint density at radius 1 is 1.10 bits per heavy atom. The summed E-state index contributed by atoms with van der Waals surface area (Å²) in [5.74, 6) is -2.81. The van der Waals surface area contributed by atoms with Crippen LogP contribution in [0, 0.1) is 18.6 Å². The second-order valence-electron chi connectivity index (χ2n) is 4.56. The van der Waals surface area contributed by atoms with E-state index in [0.717, 1.165) is 17.7 Å². The van der Waals surface area contributed by atoms with Gasteiger partial charge >= 0.3 is 0 Å². The Morgan fingerprint density at radius 2 is 1.70 bits per heavy atom. The van der Waals surface area contributed by atoms with Crippen molar-refractivity contribution in [3.63, 3.8) is 0 Å². The summed E-state index contributed by atoms with van der Waals surface area (Å²) in [6, 6.07) is 8.34. The molecule has 106 valence electrons. The molecule has 2 aromatic rings. The highest BCUT2D eigenvalue weighted by molar-refractivity contribution is 7.90. The summed E-state index contributed by atoms with van der Waals surface area (Å²) in [4.78, 5) is -0.937. The lowest BCUT2D eigenvalue weighted by molar-refractivity contribution is 0.520. The van der Waals surface area contributed by atoms with Crippen LogP contribution in [0.5, 0.6) is 0 Å². The molecule has 0 unspecified atom stereocenters. The highest BCUT2D eigenvalue weighted by atomic mass is 32.2. The first-order valence-corrected chi connectivity index (χ1v) is 7.47. The van der Waals surface area contributed by atoms with E-state index in [4.69, 9.17) is 5.73 Å². The van der Waals surface area contributed by atoms with E-state index < -0.39 is 32.1 Å². The fourth-order valence-electron chi connectivity index (χ4n) is 1.97. The van der Waals surface area contributed by atoms with Crippen LogP contribution < -0.4 is 5.73 Å². The maximum absolute atomic E-state index is 13.7. The first-order chi connectivity index (χ1) is 9.29. The van der Waals surface area contributed by atoms with E-state index in [2.05, 4.69) is 0 Å². The summed E-state index contributed by atoms with van der Waals surface area (Å²) >= 11 is 0. The molecule has 0 aliphatic heterocycles. The average molecular weight is 297 g/mol. The Labute approximate surface area is 116 Å². The predicted molar refractivity (Wildman–Crippen MR) is 72.8 cm³/mol. The molecule has 0 fully saturated rings. The van der Waals surface area contributed by atoms with Crippen molar-refractivity contribution in [2.45, 2.75) is 17.6 Å². The van der Waals surface area contributed by atoms with Gasteiger partial charge in [-0.2, -0.15) is 0 Å². The zero-order chi connectivity index (χ0) is 14.9. The second kappa shape index (κ2) is 5.20. The monoisotopic (exact) mass is 297 g/mol. The molecule has 0 saturated heterocycles. The van der Waals surface area contributed by atoms with Crippen molar-refractivity contribution in [3.8, 4) is 0 Å². The number of nitrogens with two attached hydrogens (primary N) is 1. The van der Waals surface area contributed by atoms with Gasteiger partial charge in [-0.3, -0.25) is 0 Å². The van der Waals surface area contributed by atoms with E-state index in [1.54, 1.807) is 31.2 Å². The van der Waals surface area contributed by atoms with Gasteiger partial charge in [-0.1, -0.05) is 29.8 Å². The zero-order valence-corrected chi connectivity index (χ0v) is 11.5. The Bertz CT molecular complexity index is 735. The first kappa shape index (κ1) is 14.5. The number of hydrogen-bond acceptors (Lipinski definition) is 3. The zero-order valence-electron chi connectivity index (χ0n) is 10.7. The number of aryl methyl sites for hydroxylation is 1. The van der Waals surface area contributed by atoms with Crippen molar-refractivity contribution < 1.29 is 17.2 Å². The third-order valence-corrected chi connectivity index (χ3v) is 4.50. The molecular weight excluding hydrogens is 284 g/mol. The van der Waals surface area contributed by atoms with Crippen LogP contribution in [0.2, 0.25) is 0 Å². The van der Waals surface area contributed by atoms with Gasteiger partial charge in [0.2, 0.25) is 0 Å². The van der Waals surface area contributed by atoms with Gasteiger partial charge < -0.3 is 5.73 Å². The SMILES string of the molecule is Cc1cccc(CS(=O)(=O)c2c(F)cc(N)cc2F)c1. The normalized spacial score (nSPS) is 11.6. The lowest BCUT2D eigenvalue weighted by Crippen LogP contribution is -2.10. The Balaban J connectivity index is 2.46. The molecule has 0 aromatic heterocycles. The van der Waals surface area contributed by atoms with Gasteiger partial charge in [-0.05, 0) is 24.6 Å². The van der Waals surface area contributed by atoms with Gasteiger partial charge in [0.1, 0.15) is 16.5 Å². The summed E-state index contributed by atoms with van der Waals surface area (Å²) in [5.41, 5.74) is 6.46. The summed E-state index contributed by atoms with van der Waals surface area (Å²) in [7, 11) is -4.11. The minimum atomic E-state index is -4.11. The number of anilines is 1. The van der Waals surface area contributed by atoms with E-state index in [-0.39, 0.29) is 5.69 Å². The van der Waals surface area contributed by atoms with Gasteiger partial charge in [0.25, 0.3) is 0 Å². The molecule has 2 rings (SSSR count). The number of rotatable bonds is 3. The third-order valence-electron chi connectivity index (χ3n) is 2.77. The minimum absolute atomic E-state index is 0.158. The number of halogens is 2. The molecule has 0 amide bonds. The van der Waals surface area contributed by atoms with Gasteiger partial charge in [-0.15, -0.1) is 0 Å². The van der Waals surface area contributed by atoms with E-state index in [1.807, 2.05) is 0 Å². The van der Waals surface area contributed by atoms with E-state index in [0.29, 0.717) is 5.56 Å². The predicted octanol–water partition coefficient (Wildman–Crippen LogP) is 2.83. The van der Waals surface area contributed by atoms with Crippen molar-refractivity contribution in [1.82, 2.24) is 0 Å². The maximum Gasteiger partial charge on any atom is 0.188 e. The lowest BCUT2D eigenvalue weighted by atomic mass is 10.2. The highest BCUT2D eigenvalue weighted by Crippen LogP contribution is 2.25. The van der Waals surface area contributed by atoms with Crippen molar-refractivity contribution in [1.29, 1.82) is 0 Å². The minimum Gasteiger partial charge on any atom is -0.399 e. The van der Waals surface area contributed by atoms with Crippen molar-refractivity contribution >= 4 is 15.5 Å². The van der Waals surface area contributed by atoms with Crippen LogP contribution >= 0.6 is 0 Å². The molecular formula is C14H13F2NO2S. The third kappa shape index (κ3) is 2.96. The van der Waals surface area contributed by atoms with Crippen LogP contribution in [-0.4, -0.2) is 8.42 Å². The van der Waals surface area contributed by atoms with Crippen LogP contribution in [0.25, 0.3) is 0 Å². The van der Waals surface area contributed by atoms with Crippen molar-refractivity contribution in [2.75, 3.05) is 5.73 Å². The molecule has 20 heavy (non-hydrogen) atoms. The summed E-state index contributed by atoms with van der Waals surface area (Å²) in [6.07, 6.45) is 0. The van der Waals surface area contributed by atoms with Crippen LogP contribution in [0.3, 0.4) is 0 Å². The topological polar surface area (TPSA) is 60.2 Å². The Kier molecular flexibility index (Phi) is 3.76. The van der Waals surface area contributed by atoms with Gasteiger partial charge in [-0.25, -0.2) is 17.2 Å². The lowest BCUT2D eigenvalue weighted by Gasteiger charge is -2.08. The van der Waals surface area contributed by atoms with Crippen LogP contribution in [0.1, 0.15) is 11.1 Å². The molecule has 0 aliphatic carbocycles. The van der Waals surface area contributed by atoms with Crippen LogP contribution in [-0.2, 0) is 15.6 Å². The maximum atomic E-state index is 13.7. The molecule has 3 nitrogen and oxygen atoms in total. The number of hydrogen-bond donors (Lipinski definition) is 1. The number of nitrogen functional groups attached to an aromatic ring is 1. The molecule has 0 aliphatic rings. The van der Waals surface area contributed by atoms with Crippen molar-refractivity contribution in [3.05, 3.63) is 59.2 Å².